The minimum Gasteiger partial charge on any atom is -0.152 e. The Labute approximate surface area is 113 Å². The zero-order valence-electron chi connectivity index (χ0n) is 9.02. The molecular weight excluding hydrogens is 300 g/mol. The van der Waals surface area contributed by atoms with Crippen molar-refractivity contribution in [3.05, 3.63) is 52.2 Å². The van der Waals surface area contributed by atoms with E-state index < -0.39 is 0 Å². The lowest BCUT2D eigenvalue weighted by atomic mass is 10.1. The van der Waals surface area contributed by atoms with Crippen molar-refractivity contribution in [1.82, 2.24) is 0 Å². The molecule has 0 aliphatic heterocycles. The Morgan fingerprint density at radius 1 is 1.25 bits per heavy atom. The summed E-state index contributed by atoms with van der Waals surface area (Å²) in [6.07, 6.45) is 3.16. The predicted octanol–water partition coefficient (Wildman–Crippen LogP) is 5.15. The maximum absolute atomic E-state index is 3.75. The highest BCUT2D eigenvalue weighted by molar-refractivity contribution is 9.09. The van der Waals surface area contributed by atoms with E-state index in [-0.39, 0.29) is 0 Å². The van der Waals surface area contributed by atoms with Crippen LogP contribution in [0, 0.1) is 0 Å². The number of rotatable bonds is 4. The molecule has 1 atom stereocenters. The van der Waals surface area contributed by atoms with E-state index in [0.29, 0.717) is 4.83 Å². The van der Waals surface area contributed by atoms with Gasteiger partial charge in [0.1, 0.15) is 0 Å². The zero-order valence-corrected chi connectivity index (χ0v) is 12.2. The molecule has 0 nitrogen and oxygen atoms in total. The van der Waals surface area contributed by atoms with Crippen LogP contribution in [0.3, 0.4) is 0 Å². The van der Waals surface area contributed by atoms with E-state index >= 15 is 0 Å². The number of thioether (sulfide) groups is 1. The minimum atomic E-state index is 0.415. The Bertz CT molecular complexity index is 420. The lowest BCUT2D eigenvalue weighted by Crippen LogP contribution is -1.93. The molecule has 1 unspecified atom stereocenters. The molecule has 0 bridgehead atoms. The number of hydrogen-bond acceptors (Lipinski definition) is 2. The SMILES string of the molecule is CSc1ccc(C(Br)Cc2ccsc2)cc1. The van der Waals surface area contributed by atoms with Crippen LogP contribution in [0.4, 0.5) is 0 Å². The first-order chi connectivity index (χ1) is 7.79. The molecule has 0 spiro atoms. The molecule has 1 heterocycles. The molecule has 1 aromatic heterocycles. The normalized spacial score (nSPS) is 12.6. The smallest absolute Gasteiger partial charge is 0.0435 e. The molecule has 0 saturated carbocycles. The highest BCUT2D eigenvalue weighted by atomic mass is 79.9. The molecule has 2 aromatic rings. The van der Waals surface area contributed by atoms with Gasteiger partial charge in [-0.3, -0.25) is 0 Å². The van der Waals surface area contributed by atoms with Crippen LogP contribution in [0.5, 0.6) is 0 Å². The molecule has 0 amide bonds. The first-order valence-corrected chi connectivity index (χ1v) is 8.17. The van der Waals surface area contributed by atoms with Crippen LogP contribution in [-0.4, -0.2) is 6.26 Å². The number of thiophene rings is 1. The van der Waals surface area contributed by atoms with Gasteiger partial charge in [0, 0.05) is 9.72 Å². The summed E-state index contributed by atoms with van der Waals surface area (Å²) in [6, 6.07) is 11.0. The average Bonchev–Trinajstić information content (AvgIpc) is 2.82. The number of halogens is 1. The van der Waals surface area contributed by atoms with Crippen LogP contribution < -0.4 is 0 Å². The summed E-state index contributed by atoms with van der Waals surface area (Å²) in [4.78, 5) is 1.73. The first kappa shape index (κ1) is 12.2. The van der Waals surface area contributed by atoms with E-state index in [1.165, 1.54) is 16.0 Å². The van der Waals surface area contributed by atoms with Gasteiger partial charge in [-0.1, -0.05) is 28.1 Å². The minimum absolute atomic E-state index is 0.415. The van der Waals surface area contributed by atoms with Crippen LogP contribution in [0.1, 0.15) is 16.0 Å². The molecule has 84 valence electrons. The lowest BCUT2D eigenvalue weighted by molar-refractivity contribution is 0.952. The summed E-state index contributed by atoms with van der Waals surface area (Å²) in [5, 5.41) is 4.34. The molecule has 0 N–H and O–H groups in total. The third-order valence-electron chi connectivity index (χ3n) is 2.47. The van der Waals surface area contributed by atoms with Gasteiger partial charge >= 0.3 is 0 Å². The van der Waals surface area contributed by atoms with E-state index in [1.807, 2.05) is 0 Å². The Balaban J connectivity index is 2.05. The van der Waals surface area contributed by atoms with Gasteiger partial charge in [-0.15, -0.1) is 11.8 Å². The van der Waals surface area contributed by atoms with E-state index in [9.17, 15) is 0 Å². The molecular formula is C13H13BrS2. The van der Waals surface area contributed by atoms with Gasteiger partial charge in [0.25, 0.3) is 0 Å². The van der Waals surface area contributed by atoms with E-state index in [0.717, 1.165) is 6.42 Å². The average molecular weight is 313 g/mol. The quantitative estimate of drug-likeness (QED) is 0.556. The van der Waals surface area contributed by atoms with E-state index in [1.54, 1.807) is 23.1 Å². The van der Waals surface area contributed by atoms with Gasteiger partial charge in [-0.05, 0) is 52.8 Å². The molecule has 16 heavy (non-hydrogen) atoms. The highest BCUT2D eigenvalue weighted by Gasteiger charge is 2.08. The van der Waals surface area contributed by atoms with E-state index in [2.05, 4.69) is 63.3 Å². The fourth-order valence-electron chi connectivity index (χ4n) is 1.55. The maximum atomic E-state index is 3.75. The summed E-state index contributed by atoms with van der Waals surface area (Å²) in [6.45, 7) is 0. The molecule has 2 rings (SSSR count). The lowest BCUT2D eigenvalue weighted by Gasteiger charge is -2.09. The largest absolute Gasteiger partial charge is 0.152 e. The molecule has 0 aliphatic rings. The fraction of sp³-hybridized carbons (Fsp3) is 0.231. The van der Waals surface area contributed by atoms with Crippen LogP contribution in [0.2, 0.25) is 0 Å². The van der Waals surface area contributed by atoms with Crippen molar-refractivity contribution in [1.29, 1.82) is 0 Å². The van der Waals surface area contributed by atoms with Gasteiger partial charge in [0.05, 0.1) is 0 Å². The fourth-order valence-corrected chi connectivity index (χ4v) is 3.32. The predicted molar refractivity (Wildman–Crippen MR) is 77.9 cm³/mol. The Morgan fingerprint density at radius 3 is 2.56 bits per heavy atom. The van der Waals surface area contributed by atoms with Gasteiger partial charge in [0.15, 0.2) is 0 Å². The molecule has 1 aromatic carbocycles. The van der Waals surface area contributed by atoms with Crippen LogP contribution in [-0.2, 0) is 6.42 Å². The van der Waals surface area contributed by atoms with Crippen molar-refractivity contribution >= 4 is 39.0 Å². The van der Waals surface area contributed by atoms with Gasteiger partial charge < -0.3 is 0 Å². The second-order valence-corrected chi connectivity index (χ2v) is 6.34. The van der Waals surface area contributed by atoms with Gasteiger partial charge in [-0.25, -0.2) is 0 Å². The number of hydrogen-bond donors (Lipinski definition) is 0. The molecule has 0 aliphatic carbocycles. The second kappa shape index (κ2) is 5.89. The van der Waals surface area contributed by atoms with Crippen LogP contribution in [0.25, 0.3) is 0 Å². The molecule has 0 radical (unpaired) electrons. The van der Waals surface area contributed by atoms with Gasteiger partial charge in [-0.2, -0.15) is 11.3 Å². The topological polar surface area (TPSA) is 0 Å². The third kappa shape index (κ3) is 3.12. The summed E-state index contributed by atoms with van der Waals surface area (Å²) in [7, 11) is 0. The van der Waals surface area contributed by atoms with Crippen LogP contribution in [0.15, 0.2) is 46.0 Å². The summed E-state index contributed by atoms with van der Waals surface area (Å²) in [5.41, 5.74) is 2.75. The number of alkyl halides is 1. The van der Waals surface area contributed by atoms with Crippen LogP contribution >= 0.6 is 39.0 Å². The first-order valence-electron chi connectivity index (χ1n) is 5.08. The van der Waals surface area contributed by atoms with Crippen molar-refractivity contribution in [2.45, 2.75) is 16.1 Å². The Hall–Kier alpha value is -0.250. The van der Waals surface area contributed by atoms with Crippen molar-refractivity contribution in [2.24, 2.45) is 0 Å². The van der Waals surface area contributed by atoms with Crippen molar-refractivity contribution < 1.29 is 0 Å². The van der Waals surface area contributed by atoms with Crippen molar-refractivity contribution in [3.63, 3.8) is 0 Å². The second-order valence-electron chi connectivity index (χ2n) is 3.58. The Morgan fingerprint density at radius 2 is 2.00 bits per heavy atom. The molecule has 0 fully saturated rings. The monoisotopic (exact) mass is 312 g/mol. The van der Waals surface area contributed by atoms with E-state index in [4.69, 9.17) is 0 Å². The number of benzene rings is 1. The maximum Gasteiger partial charge on any atom is 0.0435 e. The summed E-state index contributed by atoms with van der Waals surface area (Å²) in [5.74, 6) is 0. The zero-order chi connectivity index (χ0) is 11.4. The standard InChI is InChI=1S/C13H13BrS2/c1-15-12-4-2-11(3-5-12)13(14)8-10-6-7-16-9-10/h2-7,9,13H,8H2,1H3. The Kier molecular flexibility index (Phi) is 4.50. The highest BCUT2D eigenvalue weighted by Crippen LogP contribution is 2.29. The summed E-state index contributed by atoms with van der Waals surface area (Å²) < 4.78 is 0. The van der Waals surface area contributed by atoms with Crippen molar-refractivity contribution in [2.75, 3.05) is 6.26 Å². The molecule has 3 heteroatoms. The molecule has 0 saturated heterocycles. The third-order valence-corrected chi connectivity index (χ3v) is 4.80. The summed E-state index contributed by atoms with van der Waals surface area (Å²) >= 11 is 7.29. The van der Waals surface area contributed by atoms with Gasteiger partial charge in [0.2, 0.25) is 0 Å². The van der Waals surface area contributed by atoms with Crippen molar-refractivity contribution in [3.8, 4) is 0 Å².